The standard InChI is InChI=1S/C16H23F2N3O2S/c1-12-19-13(9-24-12)8-14(22)21-7-2-15(23,11-21)10-20-5-3-16(17,18)4-6-20/h9,23H,2-8,10-11H2,1H3/t15-/m1/s1. The molecule has 1 atom stereocenters. The number of carbonyl (C=O) groups excluding carboxylic acids is 1. The van der Waals surface area contributed by atoms with Crippen LogP contribution in [-0.4, -0.2) is 70.0 Å². The first-order valence-corrected chi connectivity index (χ1v) is 9.14. The number of aromatic nitrogens is 1. The van der Waals surface area contributed by atoms with Gasteiger partial charge in [0.05, 0.1) is 29.3 Å². The van der Waals surface area contributed by atoms with E-state index in [0.717, 1.165) is 10.7 Å². The summed E-state index contributed by atoms with van der Waals surface area (Å²) in [7, 11) is 0. The molecule has 1 aromatic heterocycles. The van der Waals surface area contributed by atoms with Gasteiger partial charge in [-0.15, -0.1) is 11.3 Å². The van der Waals surface area contributed by atoms with Crippen LogP contribution in [-0.2, 0) is 11.2 Å². The maximum Gasteiger partial charge on any atom is 0.250 e. The van der Waals surface area contributed by atoms with E-state index in [-0.39, 0.29) is 31.7 Å². The van der Waals surface area contributed by atoms with E-state index in [1.165, 1.54) is 11.3 Å². The highest BCUT2D eigenvalue weighted by Crippen LogP contribution is 2.30. The van der Waals surface area contributed by atoms with Crippen LogP contribution in [0.1, 0.15) is 30.0 Å². The van der Waals surface area contributed by atoms with Crippen LogP contribution in [0.4, 0.5) is 8.78 Å². The van der Waals surface area contributed by atoms with E-state index < -0.39 is 11.5 Å². The van der Waals surface area contributed by atoms with Crippen molar-refractivity contribution in [3.8, 4) is 0 Å². The molecule has 3 rings (SSSR count). The van der Waals surface area contributed by atoms with Crippen LogP contribution < -0.4 is 0 Å². The molecule has 1 aromatic rings. The molecule has 0 bridgehead atoms. The van der Waals surface area contributed by atoms with Crippen molar-refractivity contribution in [1.82, 2.24) is 14.8 Å². The lowest BCUT2D eigenvalue weighted by Crippen LogP contribution is -2.49. The lowest BCUT2D eigenvalue weighted by atomic mass is 10.00. The van der Waals surface area contributed by atoms with Crippen molar-refractivity contribution < 1.29 is 18.7 Å². The van der Waals surface area contributed by atoms with Gasteiger partial charge >= 0.3 is 0 Å². The number of alkyl halides is 2. The molecule has 2 aliphatic heterocycles. The predicted octanol–water partition coefficient (Wildman–Crippen LogP) is 1.69. The molecule has 8 heteroatoms. The molecule has 0 saturated carbocycles. The second kappa shape index (κ2) is 6.65. The number of piperidine rings is 1. The third-order valence-electron chi connectivity index (χ3n) is 4.79. The molecule has 0 spiro atoms. The Kier molecular flexibility index (Phi) is 4.90. The summed E-state index contributed by atoms with van der Waals surface area (Å²) in [5.41, 5.74) is -0.239. The Bertz CT molecular complexity index is 600. The van der Waals surface area contributed by atoms with Crippen LogP contribution in [0.15, 0.2) is 5.38 Å². The van der Waals surface area contributed by atoms with E-state index >= 15 is 0 Å². The summed E-state index contributed by atoms with van der Waals surface area (Å²) in [5, 5.41) is 13.5. The predicted molar refractivity (Wildman–Crippen MR) is 87.3 cm³/mol. The Hall–Kier alpha value is -1.12. The molecule has 0 aliphatic carbocycles. The van der Waals surface area contributed by atoms with Crippen LogP contribution in [0.25, 0.3) is 0 Å². The molecule has 134 valence electrons. The topological polar surface area (TPSA) is 56.7 Å². The van der Waals surface area contributed by atoms with Crippen LogP contribution >= 0.6 is 11.3 Å². The molecule has 1 N–H and O–H groups in total. The van der Waals surface area contributed by atoms with Crippen molar-refractivity contribution in [3.63, 3.8) is 0 Å². The van der Waals surface area contributed by atoms with Gasteiger partial charge in [0.2, 0.25) is 5.91 Å². The lowest BCUT2D eigenvalue weighted by molar-refractivity contribution is -0.130. The number of rotatable bonds is 4. The number of nitrogens with zero attached hydrogens (tertiary/aromatic N) is 3. The number of halogens is 2. The molecule has 2 saturated heterocycles. The molecule has 3 heterocycles. The van der Waals surface area contributed by atoms with Gasteiger partial charge in [-0.2, -0.15) is 0 Å². The molecule has 0 radical (unpaired) electrons. The lowest BCUT2D eigenvalue weighted by Gasteiger charge is -2.36. The summed E-state index contributed by atoms with van der Waals surface area (Å²) in [6, 6.07) is 0. The molecule has 1 amide bonds. The highest BCUT2D eigenvalue weighted by atomic mass is 32.1. The molecule has 0 unspecified atom stereocenters. The minimum Gasteiger partial charge on any atom is -0.387 e. The Labute approximate surface area is 144 Å². The summed E-state index contributed by atoms with van der Waals surface area (Å²) in [5.74, 6) is -2.62. The van der Waals surface area contributed by atoms with Crippen molar-refractivity contribution in [2.24, 2.45) is 0 Å². The normalized spacial score (nSPS) is 27.6. The van der Waals surface area contributed by atoms with Gasteiger partial charge in [-0.25, -0.2) is 13.8 Å². The second-order valence-electron chi connectivity index (χ2n) is 6.96. The van der Waals surface area contributed by atoms with E-state index in [1.54, 1.807) is 4.90 Å². The number of hydrogen-bond acceptors (Lipinski definition) is 5. The molecule has 2 aliphatic rings. The third kappa shape index (κ3) is 4.29. The van der Waals surface area contributed by atoms with E-state index in [1.807, 2.05) is 17.2 Å². The second-order valence-corrected chi connectivity index (χ2v) is 8.02. The maximum absolute atomic E-state index is 13.2. The number of likely N-dealkylation sites (tertiary alicyclic amines) is 2. The number of hydrogen-bond donors (Lipinski definition) is 1. The number of aliphatic hydroxyl groups is 1. The Morgan fingerprint density at radius 3 is 2.67 bits per heavy atom. The summed E-state index contributed by atoms with van der Waals surface area (Å²) in [6.07, 6.45) is 0.419. The van der Waals surface area contributed by atoms with Crippen LogP contribution in [0, 0.1) is 6.92 Å². The Balaban J connectivity index is 1.51. The Morgan fingerprint density at radius 1 is 1.33 bits per heavy atom. The quantitative estimate of drug-likeness (QED) is 0.889. The highest BCUT2D eigenvalue weighted by molar-refractivity contribution is 7.09. The number of carbonyl (C=O) groups is 1. The summed E-state index contributed by atoms with van der Waals surface area (Å²) in [4.78, 5) is 20.2. The summed E-state index contributed by atoms with van der Waals surface area (Å²) < 4.78 is 26.4. The van der Waals surface area contributed by atoms with Gasteiger partial charge in [0.15, 0.2) is 0 Å². The van der Waals surface area contributed by atoms with E-state index in [9.17, 15) is 18.7 Å². The number of thiazole rings is 1. The third-order valence-corrected chi connectivity index (χ3v) is 5.61. The van der Waals surface area contributed by atoms with E-state index in [2.05, 4.69) is 4.98 Å². The molecule has 24 heavy (non-hydrogen) atoms. The molecular formula is C16H23F2N3O2S. The van der Waals surface area contributed by atoms with Crippen molar-refractivity contribution in [3.05, 3.63) is 16.1 Å². The first-order valence-electron chi connectivity index (χ1n) is 8.26. The van der Waals surface area contributed by atoms with Crippen molar-refractivity contribution in [1.29, 1.82) is 0 Å². The van der Waals surface area contributed by atoms with Crippen molar-refractivity contribution >= 4 is 17.2 Å². The van der Waals surface area contributed by atoms with Gasteiger partial charge in [0, 0.05) is 44.4 Å². The average molecular weight is 359 g/mol. The fraction of sp³-hybridized carbons (Fsp3) is 0.750. The first-order chi connectivity index (χ1) is 11.2. The van der Waals surface area contributed by atoms with Crippen molar-refractivity contribution in [2.45, 2.75) is 44.1 Å². The molecule has 5 nitrogen and oxygen atoms in total. The molecule has 0 aromatic carbocycles. The summed E-state index contributed by atoms with van der Waals surface area (Å²) in [6.45, 7) is 3.60. The first kappa shape index (κ1) is 17.7. The molecular weight excluding hydrogens is 336 g/mol. The zero-order valence-electron chi connectivity index (χ0n) is 13.8. The average Bonchev–Trinajstić information content (AvgIpc) is 3.08. The van der Waals surface area contributed by atoms with Crippen LogP contribution in [0.2, 0.25) is 0 Å². The van der Waals surface area contributed by atoms with Crippen molar-refractivity contribution in [2.75, 3.05) is 32.7 Å². The van der Waals surface area contributed by atoms with Gasteiger partial charge in [-0.05, 0) is 13.3 Å². The van der Waals surface area contributed by atoms with E-state index in [0.29, 0.717) is 32.6 Å². The van der Waals surface area contributed by atoms with Gasteiger partial charge in [-0.1, -0.05) is 0 Å². The van der Waals surface area contributed by atoms with Crippen LogP contribution in [0.5, 0.6) is 0 Å². The summed E-state index contributed by atoms with van der Waals surface area (Å²) >= 11 is 1.51. The van der Waals surface area contributed by atoms with Gasteiger partial charge in [0.1, 0.15) is 0 Å². The zero-order valence-corrected chi connectivity index (χ0v) is 14.6. The molecule has 2 fully saturated rings. The van der Waals surface area contributed by atoms with Gasteiger partial charge in [0.25, 0.3) is 5.92 Å². The van der Waals surface area contributed by atoms with E-state index in [4.69, 9.17) is 0 Å². The van der Waals surface area contributed by atoms with Gasteiger partial charge < -0.3 is 10.0 Å². The number of aryl methyl sites for hydroxylation is 1. The van der Waals surface area contributed by atoms with Crippen LogP contribution in [0.3, 0.4) is 0 Å². The highest BCUT2D eigenvalue weighted by Gasteiger charge is 2.42. The maximum atomic E-state index is 13.2. The number of β-amino-alcohol motifs (C(OH)–C–C–N with tert-alkyl or cyclic N) is 1. The number of amides is 1. The largest absolute Gasteiger partial charge is 0.387 e. The fourth-order valence-corrected chi connectivity index (χ4v) is 4.02. The smallest absolute Gasteiger partial charge is 0.250 e. The minimum atomic E-state index is -2.58. The minimum absolute atomic E-state index is 0.0404. The van der Waals surface area contributed by atoms with Gasteiger partial charge in [-0.3, -0.25) is 9.69 Å². The zero-order chi connectivity index (χ0) is 17.4. The monoisotopic (exact) mass is 359 g/mol. The fourth-order valence-electron chi connectivity index (χ4n) is 3.41. The Morgan fingerprint density at radius 2 is 2.04 bits per heavy atom. The SMILES string of the molecule is Cc1nc(CC(=O)N2CC[C@@](O)(CN3CCC(F)(F)CC3)C2)cs1.